The molecule has 4 N–H and O–H groups in total. The molecular weight excluding hydrogens is 268 g/mol. The third-order valence-corrected chi connectivity index (χ3v) is 2.85. The lowest BCUT2D eigenvalue weighted by atomic mass is 10.6. The Hall–Kier alpha value is -1.94. The molecule has 2 rings (SSSR count). The molecule has 2 aromatic rings. The van der Waals surface area contributed by atoms with Crippen LogP contribution in [0.5, 0.6) is 0 Å². The van der Waals surface area contributed by atoms with Crippen molar-refractivity contribution in [3.8, 4) is 0 Å². The van der Waals surface area contributed by atoms with Crippen molar-refractivity contribution in [1.29, 1.82) is 0 Å². The SMILES string of the molecule is CN(C)c1nc(N)nc(CSc2nnc(CN)o2)n1. The molecule has 0 saturated carbocycles. The number of hydrogen-bond donors (Lipinski definition) is 2. The van der Waals surface area contributed by atoms with Gasteiger partial charge in [-0.2, -0.15) is 15.0 Å². The molecule has 0 aliphatic carbocycles. The highest BCUT2D eigenvalue weighted by atomic mass is 32.2. The molecule has 0 aliphatic rings. The van der Waals surface area contributed by atoms with Crippen LogP contribution in [0.2, 0.25) is 0 Å². The molecule has 0 fully saturated rings. The van der Waals surface area contributed by atoms with Crippen LogP contribution in [-0.4, -0.2) is 39.2 Å². The van der Waals surface area contributed by atoms with Gasteiger partial charge in [-0.3, -0.25) is 0 Å². The van der Waals surface area contributed by atoms with Crippen molar-refractivity contribution < 1.29 is 4.42 Å². The molecule has 0 amide bonds. The van der Waals surface area contributed by atoms with Crippen molar-refractivity contribution in [3.05, 3.63) is 11.7 Å². The lowest BCUT2D eigenvalue weighted by Gasteiger charge is -2.10. The molecule has 2 heterocycles. The molecule has 0 aliphatic heterocycles. The van der Waals surface area contributed by atoms with Crippen molar-refractivity contribution in [2.45, 2.75) is 17.5 Å². The van der Waals surface area contributed by atoms with Crippen LogP contribution in [-0.2, 0) is 12.3 Å². The van der Waals surface area contributed by atoms with Gasteiger partial charge in [0.25, 0.3) is 5.22 Å². The minimum absolute atomic E-state index is 0.183. The van der Waals surface area contributed by atoms with Crippen LogP contribution in [0.25, 0.3) is 0 Å². The maximum atomic E-state index is 5.63. The number of hydrogen-bond acceptors (Lipinski definition) is 10. The second kappa shape index (κ2) is 5.80. The van der Waals surface area contributed by atoms with Crippen LogP contribution in [0.1, 0.15) is 11.7 Å². The number of anilines is 2. The van der Waals surface area contributed by atoms with Crippen molar-refractivity contribution in [1.82, 2.24) is 25.1 Å². The fraction of sp³-hybridized carbons (Fsp3) is 0.444. The van der Waals surface area contributed by atoms with E-state index in [9.17, 15) is 0 Å². The van der Waals surface area contributed by atoms with E-state index >= 15 is 0 Å². The largest absolute Gasteiger partial charge is 0.415 e. The van der Waals surface area contributed by atoms with E-state index in [0.717, 1.165) is 0 Å². The molecule has 0 saturated heterocycles. The lowest BCUT2D eigenvalue weighted by Crippen LogP contribution is -2.15. The number of nitrogen functional groups attached to an aromatic ring is 1. The average molecular weight is 282 g/mol. The Bertz CT molecular complexity index is 557. The first-order chi connectivity index (χ1) is 9.08. The Morgan fingerprint density at radius 2 is 2.00 bits per heavy atom. The van der Waals surface area contributed by atoms with Crippen LogP contribution in [0, 0.1) is 0 Å². The highest BCUT2D eigenvalue weighted by Crippen LogP contribution is 2.20. The highest BCUT2D eigenvalue weighted by Gasteiger charge is 2.10. The molecule has 0 bridgehead atoms. The van der Waals surface area contributed by atoms with Crippen LogP contribution in [0.15, 0.2) is 9.64 Å². The van der Waals surface area contributed by atoms with Gasteiger partial charge in [-0.1, -0.05) is 11.8 Å². The quantitative estimate of drug-likeness (QED) is 0.701. The Morgan fingerprint density at radius 1 is 1.21 bits per heavy atom. The number of rotatable bonds is 5. The van der Waals surface area contributed by atoms with Gasteiger partial charge < -0.3 is 20.8 Å². The first-order valence-corrected chi connectivity index (χ1v) is 6.40. The van der Waals surface area contributed by atoms with Gasteiger partial charge >= 0.3 is 0 Å². The second-order valence-electron chi connectivity index (χ2n) is 3.76. The Kier molecular flexibility index (Phi) is 4.12. The summed E-state index contributed by atoms with van der Waals surface area (Å²) in [5, 5.41) is 8.02. The van der Waals surface area contributed by atoms with Gasteiger partial charge in [-0.05, 0) is 0 Å². The van der Waals surface area contributed by atoms with Gasteiger partial charge in [-0.15, -0.1) is 10.2 Å². The number of nitrogens with two attached hydrogens (primary N) is 2. The molecule has 0 unspecified atom stereocenters. The smallest absolute Gasteiger partial charge is 0.277 e. The number of thioether (sulfide) groups is 1. The second-order valence-corrected chi connectivity index (χ2v) is 4.69. The predicted molar refractivity (Wildman–Crippen MR) is 70.3 cm³/mol. The average Bonchev–Trinajstić information content (AvgIpc) is 2.83. The van der Waals surface area contributed by atoms with E-state index in [4.69, 9.17) is 15.9 Å². The number of nitrogens with zero attached hydrogens (tertiary/aromatic N) is 6. The van der Waals surface area contributed by atoms with E-state index in [0.29, 0.717) is 28.6 Å². The first kappa shape index (κ1) is 13.5. The fourth-order valence-corrected chi connectivity index (χ4v) is 1.83. The normalized spacial score (nSPS) is 10.7. The van der Waals surface area contributed by atoms with E-state index in [1.165, 1.54) is 11.8 Å². The molecule has 2 aromatic heterocycles. The van der Waals surface area contributed by atoms with E-state index < -0.39 is 0 Å². The maximum absolute atomic E-state index is 5.63. The van der Waals surface area contributed by atoms with Crippen LogP contribution < -0.4 is 16.4 Å². The van der Waals surface area contributed by atoms with Gasteiger partial charge in [-0.25, -0.2) is 0 Å². The molecule has 0 spiro atoms. The van der Waals surface area contributed by atoms with Crippen molar-refractivity contribution in [2.75, 3.05) is 24.7 Å². The van der Waals surface area contributed by atoms with Gasteiger partial charge in [0.1, 0.15) is 5.82 Å². The van der Waals surface area contributed by atoms with E-state index in [1.807, 2.05) is 14.1 Å². The Balaban J connectivity index is 2.06. The molecule has 0 radical (unpaired) electrons. The molecule has 102 valence electrons. The maximum Gasteiger partial charge on any atom is 0.277 e. The van der Waals surface area contributed by atoms with E-state index in [1.54, 1.807) is 4.90 Å². The van der Waals surface area contributed by atoms with Crippen LogP contribution in [0.3, 0.4) is 0 Å². The summed E-state index contributed by atoms with van der Waals surface area (Å²) in [6, 6.07) is 0. The summed E-state index contributed by atoms with van der Waals surface area (Å²) in [5.41, 5.74) is 11.0. The third-order valence-electron chi connectivity index (χ3n) is 2.03. The number of aromatic nitrogens is 5. The molecule has 0 aromatic carbocycles. The molecule has 0 atom stereocenters. The highest BCUT2D eigenvalue weighted by molar-refractivity contribution is 7.98. The summed E-state index contributed by atoms with van der Waals surface area (Å²) in [7, 11) is 3.66. The zero-order chi connectivity index (χ0) is 13.8. The summed E-state index contributed by atoms with van der Waals surface area (Å²) in [4.78, 5) is 14.1. The minimum Gasteiger partial charge on any atom is -0.415 e. The Morgan fingerprint density at radius 3 is 2.63 bits per heavy atom. The molecule has 19 heavy (non-hydrogen) atoms. The fourth-order valence-electron chi connectivity index (χ4n) is 1.19. The van der Waals surface area contributed by atoms with Crippen LogP contribution in [0.4, 0.5) is 11.9 Å². The van der Waals surface area contributed by atoms with Gasteiger partial charge in [0.15, 0.2) is 0 Å². The van der Waals surface area contributed by atoms with Crippen molar-refractivity contribution >= 4 is 23.7 Å². The summed E-state index contributed by atoms with van der Waals surface area (Å²) in [6.07, 6.45) is 0. The lowest BCUT2D eigenvalue weighted by molar-refractivity contribution is 0.414. The van der Waals surface area contributed by atoms with Crippen LogP contribution >= 0.6 is 11.8 Å². The zero-order valence-corrected chi connectivity index (χ0v) is 11.4. The van der Waals surface area contributed by atoms with Gasteiger partial charge in [0, 0.05) is 14.1 Å². The minimum atomic E-state index is 0.183. The van der Waals surface area contributed by atoms with E-state index in [-0.39, 0.29) is 12.5 Å². The summed E-state index contributed by atoms with van der Waals surface area (Å²) in [6.45, 7) is 0.219. The third kappa shape index (κ3) is 3.51. The first-order valence-electron chi connectivity index (χ1n) is 5.41. The van der Waals surface area contributed by atoms with Crippen molar-refractivity contribution in [3.63, 3.8) is 0 Å². The van der Waals surface area contributed by atoms with Crippen molar-refractivity contribution in [2.24, 2.45) is 5.73 Å². The summed E-state index contributed by atoms with van der Waals surface area (Å²) < 4.78 is 5.27. The Labute approximate surface area is 113 Å². The van der Waals surface area contributed by atoms with E-state index in [2.05, 4.69) is 25.1 Å². The predicted octanol–water partition coefficient (Wildman–Crippen LogP) is -0.346. The molecule has 10 heteroatoms. The van der Waals surface area contributed by atoms with Gasteiger partial charge in [0.05, 0.1) is 12.3 Å². The standard InChI is InChI=1S/C9H14N8OS/c1-17(2)8-13-5(12-7(11)14-8)4-19-9-16-15-6(3-10)18-9/h3-4,10H2,1-2H3,(H2,11,12,13,14). The molecular formula is C9H14N8OS. The zero-order valence-electron chi connectivity index (χ0n) is 10.6. The monoisotopic (exact) mass is 282 g/mol. The topological polar surface area (TPSA) is 133 Å². The molecule has 9 nitrogen and oxygen atoms in total. The summed E-state index contributed by atoms with van der Waals surface area (Å²) >= 11 is 1.32. The van der Waals surface area contributed by atoms with Gasteiger partial charge in [0.2, 0.25) is 17.8 Å². The summed E-state index contributed by atoms with van der Waals surface area (Å²) in [5.74, 6) is 2.10.